The van der Waals surface area contributed by atoms with Crippen molar-refractivity contribution in [1.29, 1.82) is 0 Å². The van der Waals surface area contributed by atoms with E-state index in [9.17, 15) is 0 Å². The van der Waals surface area contributed by atoms with E-state index in [4.69, 9.17) is 13.6 Å². The second-order valence-electron chi connectivity index (χ2n) is 11.7. The van der Waals surface area contributed by atoms with Crippen LogP contribution in [0.5, 0.6) is 0 Å². The molecule has 0 aromatic heterocycles. The molecule has 0 aliphatic rings. The van der Waals surface area contributed by atoms with Gasteiger partial charge in [0.05, 0.1) is 19.3 Å². The maximum Gasteiger partial charge on any atom is 0.184 e. The van der Waals surface area contributed by atoms with Crippen LogP contribution in [-0.4, -0.2) is 42.6 Å². The maximum atomic E-state index is 6.28. The lowest BCUT2D eigenvalue weighted by Gasteiger charge is -2.29. The predicted molar refractivity (Wildman–Crippen MR) is 148 cm³/mol. The SMILES string of the molecule is CCCCCCCCCCCCCCCCCCOCC(CO[Si](C)(C)C)O[Si](C)(C)C. The quantitative estimate of drug-likeness (QED) is 0.1000. The molecule has 0 rings (SSSR count). The molecule has 0 saturated heterocycles. The molecule has 1 unspecified atom stereocenters. The van der Waals surface area contributed by atoms with Gasteiger partial charge in [0.15, 0.2) is 16.6 Å². The topological polar surface area (TPSA) is 27.7 Å². The third-order valence-electron chi connectivity index (χ3n) is 5.67. The van der Waals surface area contributed by atoms with Gasteiger partial charge in [-0.25, -0.2) is 0 Å². The van der Waals surface area contributed by atoms with Crippen LogP contribution in [-0.2, 0) is 13.6 Å². The van der Waals surface area contributed by atoms with Crippen molar-refractivity contribution in [2.45, 2.75) is 155 Å². The number of ether oxygens (including phenoxy) is 1. The summed E-state index contributed by atoms with van der Waals surface area (Å²) < 4.78 is 18.3. The van der Waals surface area contributed by atoms with Crippen molar-refractivity contribution in [2.75, 3.05) is 19.8 Å². The molecule has 0 radical (unpaired) electrons. The summed E-state index contributed by atoms with van der Waals surface area (Å²) in [5.74, 6) is 0. The van der Waals surface area contributed by atoms with Crippen molar-refractivity contribution >= 4 is 16.6 Å². The van der Waals surface area contributed by atoms with Crippen LogP contribution in [0.15, 0.2) is 0 Å². The van der Waals surface area contributed by atoms with E-state index in [1.807, 2.05) is 0 Å². The first-order valence-electron chi connectivity index (χ1n) is 14.0. The van der Waals surface area contributed by atoms with Crippen LogP contribution < -0.4 is 0 Å². The van der Waals surface area contributed by atoms with Gasteiger partial charge in [0.1, 0.15) is 0 Å². The summed E-state index contributed by atoms with van der Waals surface area (Å²) in [6.07, 6.45) is 22.6. The standard InChI is InChI=1S/C27H60O3Si2/c1-8-9-10-11-12-13-14-15-16-17-18-19-20-21-22-23-24-28-25-27(30-32(5,6)7)26-29-31(2,3)4/h27H,8-26H2,1-7H3. The minimum atomic E-state index is -1.57. The molecule has 5 heteroatoms. The van der Waals surface area contributed by atoms with Gasteiger partial charge >= 0.3 is 0 Å². The molecule has 0 spiro atoms. The van der Waals surface area contributed by atoms with Crippen LogP contribution in [0, 0.1) is 0 Å². The lowest BCUT2D eigenvalue weighted by molar-refractivity contribution is 0.0190. The molecule has 0 aliphatic carbocycles. The Morgan fingerprint density at radius 2 is 0.906 bits per heavy atom. The molecule has 0 N–H and O–H groups in total. The molecule has 0 aliphatic heterocycles. The molecule has 0 aromatic rings. The Hall–Kier alpha value is 0.314. The molecule has 194 valence electrons. The zero-order valence-corrected chi connectivity index (χ0v) is 25.2. The molecular formula is C27H60O3Si2. The third kappa shape index (κ3) is 26.6. The summed E-state index contributed by atoms with van der Waals surface area (Å²) in [6, 6.07) is 0. The van der Waals surface area contributed by atoms with Gasteiger partial charge in [-0.1, -0.05) is 103 Å². The Balaban J connectivity index is 3.48. The van der Waals surface area contributed by atoms with Crippen LogP contribution in [0.25, 0.3) is 0 Å². The average Bonchev–Trinajstić information content (AvgIpc) is 2.69. The fourth-order valence-electron chi connectivity index (χ4n) is 3.93. The van der Waals surface area contributed by atoms with Gasteiger partial charge in [-0.05, 0) is 45.7 Å². The fraction of sp³-hybridized carbons (Fsp3) is 1.00. The van der Waals surface area contributed by atoms with E-state index in [0.29, 0.717) is 13.2 Å². The molecule has 32 heavy (non-hydrogen) atoms. The highest BCUT2D eigenvalue weighted by Crippen LogP contribution is 2.14. The summed E-state index contributed by atoms with van der Waals surface area (Å²) in [5, 5.41) is 0. The molecule has 3 nitrogen and oxygen atoms in total. The lowest BCUT2D eigenvalue weighted by atomic mass is 10.0. The Bertz CT molecular complexity index is 391. The van der Waals surface area contributed by atoms with E-state index < -0.39 is 16.6 Å². The average molecular weight is 489 g/mol. The van der Waals surface area contributed by atoms with Crippen LogP contribution in [0.3, 0.4) is 0 Å². The first-order valence-corrected chi connectivity index (χ1v) is 20.9. The third-order valence-corrected chi connectivity index (χ3v) is 7.74. The van der Waals surface area contributed by atoms with Crippen molar-refractivity contribution < 1.29 is 13.6 Å². The van der Waals surface area contributed by atoms with E-state index >= 15 is 0 Å². The number of hydrogen-bond donors (Lipinski definition) is 0. The van der Waals surface area contributed by atoms with Gasteiger partial charge in [-0.15, -0.1) is 0 Å². The molecular weight excluding hydrogens is 428 g/mol. The van der Waals surface area contributed by atoms with Gasteiger partial charge in [0.2, 0.25) is 0 Å². The van der Waals surface area contributed by atoms with E-state index in [1.54, 1.807) is 0 Å². The lowest BCUT2D eigenvalue weighted by Crippen LogP contribution is -2.40. The first kappa shape index (κ1) is 32.3. The molecule has 0 heterocycles. The minimum absolute atomic E-state index is 0.0921. The second-order valence-corrected chi connectivity index (χ2v) is 20.6. The number of unbranched alkanes of at least 4 members (excludes halogenated alkanes) is 15. The molecule has 0 aromatic carbocycles. The predicted octanol–water partition coefficient (Wildman–Crippen LogP) is 9.34. The largest absolute Gasteiger partial charge is 0.415 e. The zero-order valence-electron chi connectivity index (χ0n) is 23.2. The highest BCUT2D eigenvalue weighted by Gasteiger charge is 2.24. The molecule has 0 saturated carbocycles. The smallest absolute Gasteiger partial charge is 0.184 e. The van der Waals surface area contributed by atoms with Crippen LogP contribution in [0.2, 0.25) is 39.3 Å². The summed E-state index contributed by atoms with van der Waals surface area (Å²) >= 11 is 0. The van der Waals surface area contributed by atoms with Gasteiger partial charge in [0, 0.05) is 6.61 Å². The summed E-state index contributed by atoms with van der Waals surface area (Å²) in [5.41, 5.74) is 0. The highest BCUT2D eigenvalue weighted by molar-refractivity contribution is 6.70. The summed E-state index contributed by atoms with van der Waals surface area (Å²) in [7, 11) is -3.08. The first-order chi connectivity index (χ1) is 15.1. The van der Waals surface area contributed by atoms with Crippen molar-refractivity contribution in [2.24, 2.45) is 0 Å². The van der Waals surface area contributed by atoms with Crippen LogP contribution >= 0.6 is 0 Å². The van der Waals surface area contributed by atoms with Gasteiger partial charge in [-0.3, -0.25) is 0 Å². The number of rotatable bonds is 24. The Kier molecular flexibility index (Phi) is 20.9. The maximum absolute atomic E-state index is 6.28. The van der Waals surface area contributed by atoms with Crippen LogP contribution in [0.4, 0.5) is 0 Å². The van der Waals surface area contributed by atoms with Gasteiger partial charge in [0.25, 0.3) is 0 Å². The summed E-state index contributed by atoms with van der Waals surface area (Å²) in [6.45, 7) is 17.9. The van der Waals surface area contributed by atoms with Crippen molar-refractivity contribution in [3.05, 3.63) is 0 Å². The van der Waals surface area contributed by atoms with Crippen LogP contribution in [0.1, 0.15) is 110 Å². The Morgan fingerprint density at radius 1 is 0.500 bits per heavy atom. The van der Waals surface area contributed by atoms with Crippen molar-refractivity contribution in [3.63, 3.8) is 0 Å². The fourth-order valence-corrected chi connectivity index (χ4v) is 5.75. The van der Waals surface area contributed by atoms with Crippen molar-refractivity contribution in [1.82, 2.24) is 0 Å². The van der Waals surface area contributed by atoms with E-state index in [1.165, 1.54) is 103 Å². The zero-order chi connectivity index (χ0) is 24.1. The van der Waals surface area contributed by atoms with E-state index in [0.717, 1.165) is 6.61 Å². The second kappa shape index (κ2) is 20.7. The molecule has 0 fully saturated rings. The molecule has 0 bridgehead atoms. The Labute approximate surface area is 205 Å². The Morgan fingerprint density at radius 3 is 1.28 bits per heavy atom. The normalized spacial score (nSPS) is 13.6. The summed E-state index contributed by atoms with van der Waals surface area (Å²) in [4.78, 5) is 0. The van der Waals surface area contributed by atoms with E-state index in [-0.39, 0.29) is 6.10 Å². The monoisotopic (exact) mass is 488 g/mol. The molecule has 1 atom stereocenters. The number of hydrogen-bond acceptors (Lipinski definition) is 3. The highest BCUT2D eigenvalue weighted by atomic mass is 28.4. The molecule has 0 amide bonds. The van der Waals surface area contributed by atoms with Crippen molar-refractivity contribution in [3.8, 4) is 0 Å². The van der Waals surface area contributed by atoms with E-state index in [2.05, 4.69) is 46.2 Å². The van der Waals surface area contributed by atoms with Gasteiger partial charge < -0.3 is 13.6 Å². The van der Waals surface area contributed by atoms with Gasteiger partial charge in [-0.2, -0.15) is 0 Å². The minimum Gasteiger partial charge on any atom is -0.415 e.